The van der Waals surface area contributed by atoms with Crippen molar-refractivity contribution in [3.63, 3.8) is 0 Å². The third-order valence-corrected chi connectivity index (χ3v) is 2.45. The van der Waals surface area contributed by atoms with Crippen LogP contribution in [0.4, 0.5) is 4.39 Å². The van der Waals surface area contributed by atoms with E-state index in [0.29, 0.717) is 18.3 Å². The Morgan fingerprint density at radius 2 is 2.29 bits per heavy atom. The van der Waals surface area contributed by atoms with Gasteiger partial charge in [0.25, 0.3) is 0 Å². The van der Waals surface area contributed by atoms with Crippen LogP contribution in [0.25, 0.3) is 0 Å². The largest absolute Gasteiger partial charge is 0.371 e. The number of hydrogen-bond donors (Lipinski definition) is 1. The van der Waals surface area contributed by atoms with E-state index in [1.807, 2.05) is 6.07 Å². The van der Waals surface area contributed by atoms with E-state index in [9.17, 15) is 4.39 Å². The van der Waals surface area contributed by atoms with Crippen molar-refractivity contribution in [1.82, 2.24) is 5.32 Å². The molecule has 1 aromatic carbocycles. The highest BCUT2D eigenvalue weighted by molar-refractivity contribution is 5.23. The average molecular weight is 195 g/mol. The van der Waals surface area contributed by atoms with Crippen molar-refractivity contribution in [1.29, 1.82) is 0 Å². The van der Waals surface area contributed by atoms with Gasteiger partial charge in [-0.2, -0.15) is 0 Å². The first-order chi connectivity index (χ1) is 6.75. The molecule has 1 saturated heterocycles. The Morgan fingerprint density at radius 3 is 2.86 bits per heavy atom. The molecule has 2 rings (SSSR count). The van der Waals surface area contributed by atoms with Crippen LogP contribution in [0.5, 0.6) is 0 Å². The number of halogens is 1. The molecule has 1 aliphatic rings. The van der Waals surface area contributed by atoms with Crippen molar-refractivity contribution in [3.05, 3.63) is 35.1 Å². The smallest absolute Gasteiger partial charge is 0.126 e. The van der Waals surface area contributed by atoms with Gasteiger partial charge in [0.1, 0.15) is 5.82 Å². The second-order valence-corrected chi connectivity index (χ2v) is 3.67. The number of rotatable bonds is 3. The van der Waals surface area contributed by atoms with Gasteiger partial charge in [-0.25, -0.2) is 4.39 Å². The molecule has 3 heteroatoms. The summed E-state index contributed by atoms with van der Waals surface area (Å²) < 4.78 is 18.5. The third-order valence-electron chi connectivity index (χ3n) is 2.45. The molecule has 0 radical (unpaired) electrons. The molecular formula is C11H14FNO. The molecule has 0 aromatic heterocycles. The molecule has 0 unspecified atom stereocenters. The lowest BCUT2D eigenvalue weighted by molar-refractivity contribution is 0.00754. The summed E-state index contributed by atoms with van der Waals surface area (Å²) in [5, 5.41) is 3.13. The first-order valence-electron chi connectivity index (χ1n) is 4.83. The molecule has 2 nitrogen and oxygen atoms in total. The minimum absolute atomic E-state index is 0.154. The minimum atomic E-state index is -0.154. The molecule has 1 heterocycles. The van der Waals surface area contributed by atoms with Gasteiger partial charge in [0.15, 0.2) is 0 Å². The van der Waals surface area contributed by atoms with Crippen molar-refractivity contribution < 1.29 is 9.13 Å². The summed E-state index contributed by atoms with van der Waals surface area (Å²) in [6.45, 7) is 4.21. The fourth-order valence-corrected chi connectivity index (χ4v) is 1.39. The Morgan fingerprint density at radius 1 is 1.50 bits per heavy atom. The predicted octanol–water partition coefficient (Wildman–Crippen LogP) is 1.62. The van der Waals surface area contributed by atoms with Crippen LogP contribution >= 0.6 is 0 Å². The van der Waals surface area contributed by atoms with Gasteiger partial charge in [-0.15, -0.1) is 0 Å². The van der Waals surface area contributed by atoms with E-state index in [1.54, 1.807) is 13.0 Å². The van der Waals surface area contributed by atoms with Crippen LogP contribution in [-0.4, -0.2) is 19.2 Å². The van der Waals surface area contributed by atoms with Crippen molar-refractivity contribution in [3.8, 4) is 0 Å². The number of nitrogens with one attached hydrogen (secondary N) is 1. The lowest BCUT2D eigenvalue weighted by Crippen LogP contribution is -2.48. The van der Waals surface area contributed by atoms with E-state index in [2.05, 4.69) is 5.32 Å². The fraction of sp³-hybridized carbons (Fsp3) is 0.455. The lowest BCUT2D eigenvalue weighted by atomic mass is 10.1. The number of benzene rings is 1. The zero-order valence-corrected chi connectivity index (χ0v) is 8.22. The molecule has 0 atom stereocenters. The normalized spacial score (nSPS) is 16.7. The quantitative estimate of drug-likeness (QED) is 0.791. The SMILES string of the molecule is Cc1cc(COC2CNC2)ccc1F. The molecule has 76 valence electrons. The van der Waals surface area contributed by atoms with E-state index < -0.39 is 0 Å². The fourth-order valence-electron chi connectivity index (χ4n) is 1.39. The van der Waals surface area contributed by atoms with Crippen LogP contribution in [0.1, 0.15) is 11.1 Å². The molecule has 0 aliphatic carbocycles. The molecule has 1 fully saturated rings. The molecule has 1 aliphatic heterocycles. The molecule has 0 saturated carbocycles. The highest BCUT2D eigenvalue weighted by Crippen LogP contribution is 2.11. The molecular weight excluding hydrogens is 181 g/mol. The van der Waals surface area contributed by atoms with Gasteiger partial charge in [-0.3, -0.25) is 0 Å². The highest BCUT2D eigenvalue weighted by Gasteiger charge is 2.16. The first-order valence-corrected chi connectivity index (χ1v) is 4.83. The second-order valence-electron chi connectivity index (χ2n) is 3.67. The molecule has 1 aromatic rings. The van der Waals surface area contributed by atoms with Gasteiger partial charge in [0.05, 0.1) is 12.7 Å². The number of ether oxygens (including phenoxy) is 1. The van der Waals surface area contributed by atoms with Gasteiger partial charge in [-0.1, -0.05) is 12.1 Å². The maximum Gasteiger partial charge on any atom is 0.126 e. The Bertz CT molecular complexity index is 323. The predicted molar refractivity (Wildman–Crippen MR) is 52.6 cm³/mol. The van der Waals surface area contributed by atoms with Crippen LogP contribution in [0.15, 0.2) is 18.2 Å². The van der Waals surface area contributed by atoms with E-state index >= 15 is 0 Å². The second kappa shape index (κ2) is 4.07. The summed E-state index contributed by atoms with van der Waals surface area (Å²) in [5.41, 5.74) is 1.72. The van der Waals surface area contributed by atoms with Crippen LogP contribution in [0, 0.1) is 12.7 Å². The van der Waals surface area contributed by atoms with E-state index in [0.717, 1.165) is 18.7 Å². The van der Waals surface area contributed by atoms with Gasteiger partial charge < -0.3 is 10.1 Å². The molecule has 14 heavy (non-hydrogen) atoms. The number of hydrogen-bond acceptors (Lipinski definition) is 2. The van der Waals surface area contributed by atoms with Gasteiger partial charge in [-0.05, 0) is 24.1 Å². The van der Waals surface area contributed by atoms with Crippen LogP contribution in [0.2, 0.25) is 0 Å². The molecule has 0 spiro atoms. The Balaban J connectivity index is 1.91. The summed E-state index contributed by atoms with van der Waals surface area (Å²) in [7, 11) is 0. The highest BCUT2D eigenvalue weighted by atomic mass is 19.1. The van der Waals surface area contributed by atoms with E-state index in [4.69, 9.17) is 4.74 Å². The minimum Gasteiger partial charge on any atom is -0.371 e. The summed E-state index contributed by atoms with van der Waals surface area (Å²) in [6, 6.07) is 5.10. The summed E-state index contributed by atoms with van der Waals surface area (Å²) in [5.74, 6) is -0.154. The lowest BCUT2D eigenvalue weighted by Gasteiger charge is -2.27. The topological polar surface area (TPSA) is 21.3 Å². The Labute approximate surface area is 83.1 Å². The third kappa shape index (κ3) is 2.11. The zero-order valence-electron chi connectivity index (χ0n) is 8.22. The summed E-state index contributed by atoms with van der Waals surface area (Å²) >= 11 is 0. The molecule has 1 N–H and O–H groups in total. The van der Waals surface area contributed by atoms with Crippen molar-refractivity contribution in [2.24, 2.45) is 0 Å². The first kappa shape index (κ1) is 9.62. The van der Waals surface area contributed by atoms with Crippen LogP contribution in [0.3, 0.4) is 0 Å². The maximum atomic E-state index is 12.9. The maximum absolute atomic E-state index is 12.9. The summed E-state index contributed by atoms with van der Waals surface area (Å²) in [4.78, 5) is 0. The average Bonchev–Trinajstić information content (AvgIpc) is 2.08. The monoisotopic (exact) mass is 195 g/mol. The van der Waals surface area contributed by atoms with E-state index in [1.165, 1.54) is 6.07 Å². The summed E-state index contributed by atoms with van der Waals surface area (Å²) in [6.07, 6.45) is 0.334. The standard InChI is InChI=1S/C11H14FNO/c1-8-4-9(2-3-11(8)12)7-14-10-5-13-6-10/h2-4,10,13H,5-7H2,1H3. The molecule has 0 amide bonds. The number of aryl methyl sites for hydroxylation is 1. The van der Waals surface area contributed by atoms with Gasteiger partial charge in [0, 0.05) is 13.1 Å². The van der Waals surface area contributed by atoms with Crippen molar-refractivity contribution in [2.75, 3.05) is 13.1 Å². The van der Waals surface area contributed by atoms with Gasteiger partial charge >= 0.3 is 0 Å². The van der Waals surface area contributed by atoms with E-state index in [-0.39, 0.29) is 5.82 Å². The van der Waals surface area contributed by atoms with Crippen molar-refractivity contribution >= 4 is 0 Å². The molecule has 0 bridgehead atoms. The van der Waals surface area contributed by atoms with Gasteiger partial charge in [0.2, 0.25) is 0 Å². The van der Waals surface area contributed by atoms with Crippen LogP contribution in [-0.2, 0) is 11.3 Å². The van der Waals surface area contributed by atoms with Crippen LogP contribution < -0.4 is 5.32 Å². The Hall–Kier alpha value is -0.930. The zero-order chi connectivity index (χ0) is 9.97. The Kier molecular flexibility index (Phi) is 2.79. The van der Waals surface area contributed by atoms with Crippen molar-refractivity contribution in [2.45, 2.75) is 19.6 Å².